The predicted octanol–water partition coefficient (Wildman–Crippen LogP) is 3.66. The van der Waals surface area contributed by atoms with Crippen LogP contribution < -0.4 is 10.2 Å². The number of hydrogen-bond donors (Lipinski definition) is 1. The zero-order valence-electron chi connectivity index (χ0n) is 15.0. The molecule has 1 N–H and O–H groups in total. The van der Waals surface area contributed by atoms with E-state index in [9.17, 15) is 4.79 Å². The number of benzene rings is 1. The minimum Gasteiger partial charge on any atom is -0.356 e. The third-order valence-electron chi connectivity index (χ3n) is 4.63. The molecule has 0 saturated carbocycles. The zero-order chi connectivity index (χ0) is 17.6. The standard InChI is InChI=1S/C20H26N4O/c1-15(17-10-6-5-7-11-17)21-20(25)18-14-19(23-16(2)22-18)24-12-8-3-4-9-13-24/h5-7,10-11,14-15H,3-4,8-9,12-13H2,1-2H3,(H,21,25). The van der Waals surface area contributed by atoms with Gasteiger partial charge in [-0.3, -0.25) is 4.79 Å². The highest BCUT2D eigenvalue weighted by molar-refractivity contribution is 5.93. The van der Waals surface area contributed by atoms with E-state index in [4.69, 9.17) is 0 Å². The van der Waals surface area contributed by atoms with Crippen LogP contribution in [0.25, 0.3) is 0 Å². The summed E-state index contributed by atoms with van der Waals surface area (Å²) in [5.74, 6) is 1.35. The summed E-state index contributed by atoms with van der Waals surface area (Å²) in [5, 5.41) is 3.03. The molecule has 5 heteroatoms. The minimum absolute atomic E-state index is 0.0643. The predicted molar refractivity (Wildman–Crippen MR) is 99.8 cm³/mol. The Morgan fingerprint density at radius 2 is 1.76 bits per heavy atom. The quantitative estimate of drug-likeness (QED) is 0.924. The Balaban J connectivity index is 1.76. The summed E-state index contributed by atoms with van der Waals surface area (Å²) in [4.78, 5) is 23.8. The highest BCUT2D eigenvalue weighted by Crippen LogP contribution is 2.19. The van der Waals surface area contributed by atoms with Crippen molar-refractivity contribution in [3.63, 3.8) is 0 Å². The number of aromatic nitrogens is 2. The highest BCUT2D eigenvalue weighted by atomic mass is 16.1. The molecule has 0 aliphatic carbocycles. The van der Waals surface area contributed by atoms with Crippen molar-refractivity contribution in [2.24, 2.45) is 0 Å². The molecular weight excluding hydrogens is 312 g/mol. The van der Waals surface area contributed by atoms with E-state index in [0.717, 1.165) is 24.5 Å². The molecule has 1 fully saturated rings. The first-order chi connectivity index (χ1) is 12.1. The molecule has 25 heavy (non-hydrogen) atoms. The fraction of sp³-hybridized carbons (Fsp3) is 0.450. The summed E-state index contributed by atoms with van der Waals surface area (Å²) in [6.07, 6.45) is 4.89. The van der Waals surface area contributed by atoms with Crippen LogP contribution in [0.15, 0.2) is 36.4 Å². The second-order valence-electron chi connectivity index (χ2n) is 6.67. The molecule has 1 aromatic heterocycles. The number of aryl methyl sites for hydroxylation is 1. The number of carbonyl (C=O) groups excluding carboxylic acids is 1. The van der Waals surface area contributed by atoms with Gasteiger partial charge in [-0.2, -0.15) is 0 Å². The van der Waals surface area contributed by atoms with Gasteiger partial charge in [0.1, 0.15) is 17.3 Å². The first-order valence-corrected chi connectivity index (χ1v) is 9.10. The smallest absolute Gasteiger partial charge is 0.270 e. The van der Waals surface area contributed by atoms with Crippen molar-refractivity contribution in [3.8, 4) is 0 Å². The third-order valence-corrected chi connectivity index (χ3v) is 4.63. The molecule has 1 aromatic carbocycles. The Morgan fingerprint density at radius 1 is 1.08 bits per heavy atom. The molecule has 5 nitrogen and oxygen atoms in total. The molecule has 1 amide bonds. The van der Waals surface area contributed by atoms with Gasteiger partial charge in [0.15, 0.2) is 0 Å². The molecule has 132 valence electrons. The van der Waals surface area contributed by atoms with E-state index in [1.54, 1.807) is 0 Å². The van der Waals surface area contributed by atoms with E-state index in [1.165, 1.54) is 25.7 Å². The SMILES string of the molecule is Cc1nc(C(=O)NC(C)c2ccccc2)cc(N2CCCCCC2)n1. The van der Waals surface area contributed by atoms with Gasteiger partial charge in [-0.1, -0.05) is 43.2 Å². The van der Waals surface area contributed by atoms with E-state index in [2.05, 4.69) is 20.2 Å². The van der Waals surface area contributed by atoms with Gasteiger partial charge in [0.25, 0.3) is 5.91 Å². The van der Waals surface area contributed by atoms with Gasteiger partial charge in [-0.05, 0) is 32.3 Å². The molecule has 2 aromatic rings. The average Bonchev–Trinajstić information content (AvgIpc) is 2.91. The number of carbonyl (C=O) groups is 1. The normalized spacial score (nSPS) is 16.2. The van der Waals surface area contributed by atoms with Gasteiger partial charge in [-0.15, -0.1) is 0 Å². The molecule has 0 bridgehead atoms. The minimum atomic E-state index is -0.155. The van der Waals surface area contributed by atoms with Crippen LogP contribution in [0.4, 0.5) is 5.82 Å². The second-order valence-corrected chi connectivity index (χ2v) is 6.67. The first kappa shape index (κ1) is 17.4. The summed E-state index contributed by atoms with van der Waals surface area (Å²) >= 11 is 0. The van der Waals surface area contributed by atoms with Gasteiger partial charge in [0.2, 0.25) is 0 Å². The summed E-state index contributed by atoms with van der Waals surface area (Å²) in [7, 11) is 0. The molecule has 1 atom stereocenters. The van der Waals surface area contributed by atoms with Crippen LogP contribution in [0.3, 0.4) is 0 Å². The number of nitrogens with zero attached hydrogens (tertiary/aromatic N) is 3. The summed E-state index contributed by atoms with van der Waals surface area (Å²) in [6.45, 7) is 5.82. The number of hydrogen-bond acceptors (Lipinski definition) is 4. The van der Waals surface area contributed by atoms with E-state index >= 15 is 0 Å². The van der Waals surface area contributed by atoms with Crippen LogP contribution >= 0.6 is 0 Å². The van der Waals surface area contributed by atoms with Crippen LogP contribution in [-0.2, 0) is 0 Å². The van der Waals surface area contributed by atoms with Gasteiger partial charge in [0, 0.05) is 19.2 Å². The largest absolute Gasteiger partial charge is 0.356 e. The van der Waals surface area contributed by atoms with E-state index in [1.807, 2.05) is 50.2 Å². The third kappa shape index (κ3) is 4.56. The molecule has 2 heterocycles. The lowest BCUT2D eigenvalue weighted by atomic mass is 10.1. The number of anilines is 1. The van der Waals surface area contributed by atoms with E-state index < -0.39 is 0 Å². The van der Waals surface area contributed by atoms with Crippen molar-refractivity contribution in [3.05, 3.63) is 53.5 Å². The second kappa shape index (κ2) is 8.10. The summed E-state index contributed by atoms with van der Waals surface area (Å²) < 4.78 is 0. The first-order valence-electron chi connectivity index (χ1n) is 9.10. The Labute approximate surface area is 149 Å². The van der Waals surface area contributed by atoms with Crippen molar-refractivity contribution in [2.45, 2.75) is 45.6 Å². The van der Waals surface area contributed by atoms with Crippen LogP contribution in [0.2, 0.25) is 0 Å². The lowest BCUT2D eigenvalue weighted by molar-refractivity contribution is 0.0934. The Bertz CT molecular complexity index is 709. The van der Waals surface area contributed by atoms with Crippen LogP contribution in [0.1, 0.15) is 60.5 Å². The lowest BCUT2D eigenvalue weighted by Gasteiger charge is -2.22. The number of rotatable bonds is 4. The summed E-state index contributed by atoms with van der Waals surface area (Å²) in [6, 6.07) is 11.7. The molecule has 3 rings (SSSR count). The van der Waals surface area contributed by atoms with Crippen LogP contribution in [0, 0.1) is 6.92 Å². The monoisotopic (exact) mass is 338 g/mol. The lowest BCUT2D eigenvalue weighted by Crippen LogP contribution is -2.29. The van der Waals surface area contributed by atoms with Gasteiger partial charge < -0.3 is 10.2 Å². The molecule has 0 spiro atoms. The van der Waals surface area contributed by atoms with Gasteiger partial charge >= 0.3 is 0 Å². The molecule has 1 aliphatic heterocycles. The molecule has 1 unspecified atom stereocenters. The number of amides is 1. The molecular formula is C20H26N4O. The van der Waals surface area contributed by atoms with Crippen molar-refractivity contribution in [2.75, 3.05) is 18.0 Å². The van der Waals surface area contributed by atoms with Crippen molar-refractivity contribution in [1.29, 1.82) is 0 Å². The maximum absolute atomic E-state index is 12.7. The van der Waals surface area contributed by atoms with E-state index in [0.29, 0.717) is 11.5 Å². The molecule has 1 saturated heterocycles. The molecule has 1 aliphatic rings. The van der Waals surface area contributed by atoms with Crippen molar-refractivity contribution >= 4 is 11.7 Å². The molecule has 0 radical (unpaired) electrons. The zero-order valence-corrected chi connectivity index (χ0v) is 15.0. The fourth-order valence-corrected chi connectivity index (χ4v) is 3.23. The van der Waals surface area contributed by atoms with Gasteiger partial charge in [-0.25, -0.2) is 9.97 Å². The Hall–Kier alpha value is -2.43. The fourth-order valence-electron chi connectivity index (χ4n) is 3.23. The van der Waals surface area contributed by atoms with Gasteiger partial charge in [0.05, 0.1) is 6.04 Å². The van der Waals surface area contributed by atoms with Crippen LogP contribution in [-0.4, -0.2) is 29.0 Å². The van der Waals surface area contributed by atoms with E-state index in [-0.39, 0.29) is 11.9 Å². The Kier molecular flexibility index (Phi) is 5.64. The summed E-state index contributed by atoms with van der Waals surface area (Å²) in [5.41, 5.74) is 1.52. The highest BCUT2D eigenvalue weighted by Gasteiger charge is 2.17. The maximum atomic E-state index is 12.7. The van der Waals surface area contributed by atoms with Crippen molar-refractivity contribution < 1.29 is 4.79 Å². The topological polar surface area (TPSA) is 58.1 Å². The maximum Gasteiger partial charge on any atom is 0.270 e. The van der Waals surface area contributed by atoms with Crippen LogP contribution in [0.5, 0.6) is 0 Å². The number of nitrogens with one attached hydrogen (secondary N) is 1. The van der Waals surface area contributed by atoms with Crippen molar-refractivity contribution in [1.82, 2.24) is 15.3 Å². The average molecular weight is 338 g/mol. The Morgan fingerprint density at radius 3 is 2.44 bits per heavy atom.